The lowest BCUT2D eigenvalue weighted by atomic mass is 10.0. The largest absolute Gasteiger partial charge is 0.275 e. The van der Waals surface area contributed by atoms with E-state index in [1.807, 2.05) is 34.0 Å². The maximum atomic E-state index is 13.1. The third-order valence-corrected chi connectivity index (χ3v) is 6.64. The van der Waals surface area contributed by atoms with Gasteiger partial charge in [-0.2, -0.15) is 0 Å². The van der Waals surface area contributed by atoms with Crippen LogP contribution in [0.15, 0.2) is 51.7 Å². The maximum absolute atomic E-state index is 13.1. The molecule has 0 spiro atoms. The Hall–Kier alpha value is -2.12. The molecule has 0 aliphatic rings. The molecule has 7 heteroatoms. The van der Waals surface area contributed by atoms with Crippen molar-refractivity contribution in [2.75, 3.05) is 5.75 Å². The fraction of sp³-hybridized carbons (Fsp3) is 0.350. The van der Waals surface area contributed by atoms with Crippen LogP contribution in [0.5, 0.6) is 0 Å². The van der Waals surface area contributed by atoms with Gasteiger partial charge in [-0.15, -0.1) is 21.5 Å². The van der Waals surface area contributed by atoms with Crippen molar-refractivity contribution in [2.45, 2.75) is 44.3 Å². The average molecular weight is 399 g/mol. The second-order valence-electron chi connectivity index (χ2n) is 6.68. The van der Waals surface area contributed by atoms with Crippen molar-refractivity contribution >= 4 is 39.1 Å². The topological polar surface area (TPSA) is 52.2 Å². The van der Waals surface area contributed by atoms with E-state index >= 15 is 0 Å². The minimum absolute atomic E-state index is 0.0211. The summed E-state index contributed by atoms with van der Waals surface area (Å²) >= 11 is 3.20. The van der Waals surface area contributed by atoms with Crippen LogP contribution in [-0.2, 0) is 6.54 Å². The lowest BCUT2D eigenvalue weighted by Gasteiger charge is -2.15. The van der Waals surface area contributed by atoms with Crippen LogP contribution >= 0.6 is 23.1 Å². The van der Waals surface area contributed by atoms with E-state index in [4.69, 9.17) is 0 Å². The smallest absolute Gasteiger partial charge is 0.272 e. The van der Waals surface area contributed by atoms with Gasteiger partial charge >= 0.3 is 0 Å². The van der Waals surface area contributed by atoms with Gasteiger partial charge in [-0.25, -0.2) is 0 Å². The SMILES string of the molecule is CCCCSc1nnc2n(CC(C)c3ccccc3)c(=O)c3sccc3n12. The molecule has 0 saturated heterocycles. The first-order valence-corrected chi connectivity index (χ1v) is 11.1. The summed E-state index contributed by atoms with van der Waals surface area (Å²) < 4.78 is 4.60. The molecule has 0 radical (unpaired) electrons. The third kappa shape index (κ3) is 3.41. The number of hydrogen-bond acceptors (Lipinski definition) is 5. The second-order valence-corrected chi connectivity index (χ2v) is 8.66. The van der Waals surface area contributed by atoms with Gasteiger partial charge in [-0.3, -0.25) is 13.8 Å². The van der Waals surface area contributed by atoms with Crippen LogP contribution in [-0.4, -0.2) is 24.9 Å². The summed E-state index contributed by atoms with van der Waals surface area (Å²) in [5.41, 5.74) is 2.14. The monoisotopic (exact) mass is 398 g/mol. The maximum Gasteiger partial charge on any atom is 0.272 e. The Labute approximate surface area is 166 Å². The number of hydrogen-bond donors (Lipinski definition) is 0. The number of nitrogens with zero attached hydrogens (tertiary/aromatic N) is 4. The van der Waals surface area contributed by atoms with E-state index in [9.17, 15) is 4.79 Å². The predicted octanol–water partition coefficient (Wildman–Crippen LogP) is 4.80. The summed E-state index contributed by atoms with van der Waals surface area (Å²) in [7, 11) is 0. The van der Waals surface area contributed by atoms with E-state index in [2.05, 4.69) is 36.2 Å². The zero-order chi connectivity index (χ0) is 18.8. The predicted molar refractivity (Wildman–Crippen MR) is 113 cm³/mol. The molecule has 1 unspecified atom stereocenters. The van der Waals surface area contributed by atoms with E-state index in [1.165, 1.54) is 16.9 Å². The van der Waals surface area contributed by atoms with Crippen molar-refractivity contribution in [2.24, 2.45) is 0 Å². The molecule has 0 fully saturated rings. The highest BCUT2D eigenvalue weighted by Crippen LogP contribution is 2.26. The first kappa shape index (κ1) is 18.3. The normalized spacial score (nSPS) is 12.8. The number of rotatable bonds is 7. The zero-order valence-corrected chi connectivity index (χ0v) is 17.1. The zero-order valence-electron chi connectivity index (χ0n) is 15.5. The van der Waals surface area contributed by atoms with Gasteiger partial charge in [0, 0.05) is 12.3 Å². The summed E-state index contributed by atoms with van der Waals surface area (Å²) in [4.78, 5) is 13.1. The molecule has 0 aliphatic heterocycles. The van der Waals surface area contributed by atoms with Crippen LogP contribution in [0.4, 0.5) is 0 Å². The summed E-state index contributed by atoms with van der Waals surface area (Å²) in [6.45, 7) is 4.91. The van der Waals surface area contributed by atoms with E-state index in [1.54, 1.807) is 16.3 Å². The summed E-state index contributed by atoms with van der Waals surface area (Å²) in [5, 5.41) is 11.6. The molecule has 4 rings (SSSR count). The Morgan fingerprint density at radius 3 is 2.78 bits per heavy atom. The summed E-state index contributed by atoms with van der Waals surface area (Å²) in [6, 6.07) is 12.3. The molecule has 3 heterocycles. The van der Waals surface area contributed by atoms with Crippen molar-refractivity contribution in [3.05, 3.63) is 57.7 Å². The first-order chi connectivity index (χ1) is 13.2. The van der Waals surface area contributed by atoms with Gasteiger partial charge in [0.05, 0.1) is 5.52 Å². The summed E-state index contributed by atoms with van der Waals surface area (Å²) in [5.74, 6) is 1.84. The molecular formula is C20H22N4OS2. The molecule has 3 aromatic heterocycles. The third-order valence-electron chi connectivity index (χ3n) is 4.74. The minimum Gasteiger partial charge on any atom is -0.275 e. The average Bonchev–Trinajstić information content (AvgIpc) is 3.33. The lowest BCUT2D eigenvalue weighted by Crippen LogP contribution is -2.24. The van der Waals surface area contributed by atoms with E-state index in [-0.39, 0.29) is 11.5 Å². The van der Waals surface area contributed by atoms with E-state index in [0.29, 0.717) is 12.3 Å². The molecule has 4 aromatic rings. The van der Waals surface area contributed by atoms with Gasteiger partial charge in [0.25, 0.3) is 5.56 Å². The molecule has 0 N–H and O–H groups in total. The van der Waals surface area contributed by atoms with Crippen molar-refractivity contribution in [1.29, 1.82) is 0 Å². The van der Waals surface area contributed by atoms with E-state index < -0.39 is 0 Å². The Bertz CT molecular complexity index is 1110. The molecule has 140 valence electrons. The van der Waals surface area contributed by atoms with Gasteiger partial charge in [0.15, 0.2) is 5.16 Å². The minimum atomic E-state index is 0.0211. The standard InChI is InChI=1S/C20H22N4OS2/c1-3-4-11-27-20-22-21-19-23(13-14(2)15-8-6-5-7-9-15)18(25)17-16(24(19)20)10-12-26-17/h5-10,12,14H,3-4,11,13H2,1-2H3. The number of unbranched alkanes of at least 4 members (excludes halogenated alkanes) is 1. The molecule has 1 aromatic carbocycles. The van der Waals surface area contributed by atoms with Crippen LogP contribution < -0.4 is 5.56 Å². The van der Waals surface area contributed by atoms with Gasteiger partial charge < -0.3 is 0 Å². The quantitative estimate of drug-likeness (QED) is 0.331. The Balaban J connectivity index is 1.81. The number of thioether (sulfide) groups is 1. The molecule has 5 nitrogen and oxygen atoms in total. The fourth-order valence-corrected chi connectivity index (χ4v) is 5.07. The van der Waals surface area contributed by atoms with Crippen LogP contribution in [0.25, 0.3) is 16.0 Å². The number of thiophene rings is 1. The highest BCUT2D eigenvalue weighted by molar-refractivity contribution is 7.99. The molecule has 0 bridgehead atoms. The van der Waals surface area contributed by atoms with Gasteiger partial charge in [-0.1, -0.05) is 62.4 Å². The number of benzene rings is 1. The first-order valence-electron chi connectivity index (χ1n) is 9.23. The van der Waals surface area contributed by atoms with Crippen molar-refractivity contribution in [3.8, 4) is 0 Å². The van der Waals surface area contributed by atoms with E-state index in [0.717, 1.165) is 34.0 Å². The van der Waals surface area contributed by atoms with Gasteiger partial charge in [-0.05, 0) is 29.3 Å². The van der Waals surface area contributed by atoms with Crippen LogP contribution in [0.2, 0.25) is 0 Å². The Morgan fingerprint density at radius 2 is 2.00 bits per heavy atom. The lowest BCUT2D eigenvalue weighted by molar-refractivity contribution is 0.588. The Kier molecular flexibility index (Phi) is 5.31. The number of fused-ring (bicyclic) bond motifs is 3. The molecule has 0 amide bonds. The molecule has 27 heavy (non-hydrogen) atoms. The van der Waals surface area contributed by atoms with Gasteiger partial charge in [0.1, 0.15) is 4.70 Å². The van der Waals surface area contributed by atoms with Crippen molar-refractivity contribution < 1.29 is 0 Å². The summed E-state index contributed by atoms with van der Waals surface area (Å²) in [6.07, 6.45) is 2.29. The Morgan fingerprint density at radius 1 is 1.19 bits per heavy atom. The highest BCUT2D eigenvalue weighted by Gasteiger charge is 2.19. The van der Waals surface area contributed by atoms with Crippen molar-refractivity contribution in [3.63, 3.8) is 0 Å². The molecular weight excluding hydrogens is 376 g/mol. The highest BCUT2D eigenvalue weighted by atomic mass is 32.2. The fourth-order valence-electron chi connectivity index (χ4n) is 3.23. The second kappa shape index (κ2) is 7.86. The van der Waals surface area contributed by atoms with Crippen LogP contribution in [0.1, 0.15) is 38.2 Å². The van der Waals surface area contributed by atoms with Crippen LogP contribution in [0.3, 0.4) is 0 Å². The number of aromatic nitrogens is 4. The molecule has 1 atom stereocenters. The molecule has 0 saturated carbocycles. The van der Waals surface area contributed by atoms with Crippen molar-refractivity contribution in [1.82, 2.24) is 19.2 Å². The molecule has 0 aliphatic carbocycles. The van der Waals surface area contributed by atoms with Gasteiger partial charge in [0.2, 0.25) is 5.78 Å². The van der Waals surface area contributed by atoms with Crippen LogP contribution in [0, 0.1) is 0 Å².